The van der Waals surface area contributed by atoms with Crippen LogP contribution >= 0.6 is 0 Å². The van der Waals surface area contributed by atoms with Crippen molar-refractivity contribution in [2.24, 2.45) is 0 Å². The molecule has 3 nitrogen and oxygen atoms in total. The number of amides is 1. The van der Waals surface area contributed by atoms with Crippen LogP contribution in [-0.2, 0) is 11.2 Å². The summed E-state index contributed by atoms with van der Waals surface area (Å²) in [6.07, 6.45) is 7.58. The van der Waals surface area contributed by atoms with E-state index in [1.807, 2.05) is 25.3 Å². The number of carbonyl (C=O) groups excluding carboxylic acids is 1. The number of halogens is 2. The highest BCUT2D eigenvalue weighted by Crippen LogP contribution is 2.29. The summed E-state index contributed by atoms with van der Waals surface area (Å²) in [6.45, 7) is 5.75. The van der Waals surface area contributed by atoms with E-state index in [-0.39, 0.29) is 17.5 Å². The molecule has 1 N–H and O–H groups in total. The Kier molecular flexibility index (Phi) is 8.03. The zero-order chi connectivity index (χ0) is 22.9. The van der Waals surface area contributed by atoms with Gasteiger partial charge < -0.3 is 5.32 Å². The zero-order valence-electron chi connectivity index (χ0n) is 18.0. The topological polar surface area (TPSA) is 42.0 Å². The summed E-state index contributed by atoms with van der Waals surface area (Å²) < 4.78 is 27.8. The lowest BCUT2D eigenvalue weighted by molar-refractivity contribution is -0.116. The maximum Gasteiger partial charge on any atom is 0.252 e. The molecule has 3 aromatic rings. The van der Waals surface area contributed by atoms with Crippen molar-refractivity contribution in [3.8, 4) is 0 Å². The van der Waals surface area contributed by atoms with Gasteiger partial charge in [-0.2, -0.15) is 0 Å². The van der Waals surface area contributed by atoms with Crippen LogP contribution in [0.4, 0.5) is 8.78 Å². The van der Waals surface area contributed by atoms with Crippen molar-refractivity contribution in [2.45, 2.75) is 32.2 Å². The molecule has 0 saturated carbocycles. The SMILES string of the molecule is C=C/C(=C(/C(=O)NC(C)CCCc1cccnc1)c1cccc(F)c1)c1cccc(F)c1. The first-order valence-electron chi connectivity index (χ1n) is 10.6. The van der Waals surface area contributed by atoms with E-state index in [0.717, 1.165) is 24.8 Å². The minimum Gasteiger partial charge on any atom is -0.350 e. The summed E-state index contributed by atoms with van der Waals surface area (Å²) in [4.78, 5) is 17.4. The molecule has 164 valence electrons. The number of carbonyl (C=O) groups is 1. The summed E-state index contributed by atoms with van der Waals surface area (Å²) in [5, 5.41) is 3.01. The Balaban J connectivity index is 1.84. The van der Waals surface area contributed by atoms with E-state index in [4.69, 9.17) is 0 Å². The van der Waals surface area contributed by atoms with E-state index in [9.17, 15) is 13.6 Å². The van der Waals surface area contributed by atoms with Crippen LogP contribution in [0, 0.1) is 11.6 Å². The predicted octanol–water partition coefficient (Wildman–Crippen LogP) is 5.98. The molecule has 0 bridgehead atoms. The number of allylic oxidation sites excluding steroid dienone is 2. The Morgan fingerprint density at radius 1 is 1.06 bits per heavy atom. The standard InChI is InChI=1S/C27H26F2N2O/c1-3-25(21-11-5-13-23(28)16-21)26(22-12-6-14-24(29)17-22)27(32)31-19(2)8-4-9-20-10-7-15-30-18-20/h3,5-7,10-19H,1,4,8-9H2,2H3,(H,31,32)/b26-25-. The fourth-order valence-electron chi connectivity index (χ4n) is 3.60. The maximum absolute atomic E-state index is 14.0. The molecule has 0 spiro atoms. The third kappa shape index (κ3) is 6.20. The number of aromatic nitrogens is 1. The molecule has 32 heavy (non-hydrogen) atoms. The first kappa shape index (κ1) is 23.1. The molecule has 1 aromatic heterocycles. The summed E-state index contributed by atoms with van der Waals surface area (Å²) in [5.74, 6) is -1.24. The van der Waals surface area contributed by atoms with Crippen molar-refractivity contribution in [3.63, 3.8) is 0 Å². The van der Waals surface area contributed by atoms with E-state index in [2.05, 4.69) is 16.9 Å². The fourth-order valence-corrected chi connectivity index (χ4v) is 3.60. The number of rotatable bonds is 9. The number of hydrogen-bond acceptors (Lipinski definition) is 2. The molecular formula is C27H26F2N2O. The van der Waals surface area contributed by atoms with E-state index in [1.54, 1.807) is 30.5 Å². The molecule has 1 atom stereocenters. The van der Waals surface area contributed by atoms with Gasteiger partial charge in [-0.15, -0.1) is 0 Å². The zero-order valence-corrected chi connectivity index (χ0v) is 18.0. The second kappa shape index (κ2) is 11.1. The quantitative estimate of drug-likeness (QED) is 0.257. The lowest BCUT2D eigenvalue weighted by atomic mass is 9.93. The molecule has 5 heteroatoms. The monoisotopic (exact) mass is 432 g/mol. The Labute approximate surface area is 187 Å². The number of aryl methyl sites for hydroxylation is 1. The molecule has 0 aliphatic heterocycles. The van der Waals surface area contributed by atoms with Crippen molar-refractivity contribution >= 4 is 17.1 Å². The average molecular weight is 433 g/mol. The number of nitrogens with one attached hydrogen (secondary N) is 1. The van der Waals surface area contributed by atoms with Crippen LogP contribution in [0.25, 0.3) is 11.1 Å². The molecule has 1 amide bonds. The number of benzene rings is 2. The molecule has 0 saturated heterocycles. The van der Waals surface area contributed by atoms with Crippen molar-refractivity contribution in [2.75, 3.05) is 0 Å². The predicted molar refractivity (Wildman–Crippen MR) is 125 cm³/mol. The van der Waals surface area contributed by atoms with E-state index in [1.165, 1.54) is 30.3 Å². The summed E-state index contributed by atoms with van der Waals surface area (Å²) >= 11 is 0. The van der Waals surface area contributed by atoms with Gasteiger partial charge >= 0.3 is 0 Å². The van der Waals surface area contributed by atoms with Crippen LogP contribution in [0.2, 0.25) is 0 Å². The first-order chi connectivity index (χ1) is 15.5. The second-order valence-electron chi connectivity index (χ2n) is 7.64. The van der Waals surface area contributed by atoms with Crippen LogP contribution in [0.1, 0.15) is 36.5 Å². The van der Waals surface area contributed by atoms with Crippen molar-refractivity contribution in [1.82, 2.24) is 10.3 Å². The Bertz CT molecular complexity index is 1110. The fraction of sp³-hybridized carbons (Fsp3) is 0.185. The molecule has 0 radical (unpaired) electrons. The number of pyridine rings is 1. The molecule has 0 fully saturated rings. The third-order valence-electron chi connectivity index (χ3n) is 5.15. The summed E-state index contributed by atoms with van der Waals surface area (Å²) in [5.41, 5.74) is 2.74. The highest BCUT2D eigenvalue weighted by atomic mass is 19.1. The van der Waals surface area contributed by atoms with Crippen molar-refractivity contribution < 1.29 is 13.6 Å². The number of hydrogen-bond donors (Lipinski definition) is 1. The van der Waals surface area contributed by atoms with Gasteiger partial charge in [0, 0.05) is 18.4 Å². The summed E-state index contributed by atoms with van der Waals surface area (Å²) in [7, 11) is 0. The Hall–Kier alpha value is -3.60. The van der Waals surface area contributed by atoms with Crippen LogP contribution in [0.15, 0.2) is 85.7 Å². The number of nitrogens with zero attached hydrogens (tertiary/aromatic N) is 1. The van der Waals surface area contributed by atoms with E-state index in [0.29, 0.717) is 16.7 Å². The van der Waals surface area contributed by atoms with Gasteiger partial charge in [-0.05, 0) is 78.8 Å². The van der Waals surface area contributed by atoms with Gasteiger partial charge in [-0.3, -0.25) is 9.78 Å². The van der Waals surface area contributed by atoms with Gasteiger partial charge in [0.05, 0.1) is 5.57 Å². The molecule has 0 aliphatic rings. The molecule has 2 aromatic carbocycles. The van der Waals surface area contributed by atoms with Crippen LogP contribution in [0.5, 0.6) is 0 Å². The normalized spacial score (nSPS) is 12.6. The molecule has 3 rings (SSSR count). The molecule has 1 unspecified atom stereocenters. The van der Waals surface area contributed by atoms with Crippen molar-refractivity contribution in [3.05, 3.63) is 114 Å². The van der Waals surface area contributed by atoms with Gasteiger partial charge in [0.2, 0.25) is 0 Å². The van der Waals surface area contributed by atoms with Crippen LogP contribution < -0.4 is 5.32 Å². The Morgan fingerprint density at radius 2 is 1.75 bits per heavy atom. The average Bonchev–Trinajstić information content (AvgIpc) is 2.78. The van der Waals surface area contributed by atoms with Gasteiger partial charge in [-0.1, -0.05) is 43.0 Å². The van der Waals surface area contributed by atoms with Gasteiger partial charge in [0.25, 0.3) is 5.91 Å². The lowest BCUT2D eigenvalue weighted by Crippen LogP contribution is -2.33. The van der Waals surface area contributed by atoms with Crippen LogP contribution in [0.3, 0.4) is 0 Å². The highest BCUT2D eigenvalue weighted by molar-refractivity contribution is 6.28. The second-order valence-corrected chi connectivity index (χ2v) is 7.64. The van der Waals surface area contributed by atoms with Gasteiger partial charge in [-0.25, -0.2) is 8.78 Å². The van der Waals surface area contributed by atoms with E-state index < -0.39 is 11.6 Å². The molecule has 0 aliphatic carbocycles. The van der Waals surface area contributed by atoms with Gasteiger partial charge in [0.15, 0.2) is 0 Å². The lowest BCUT2D eigenvalue weighted by Gasteiger charge is -2.18. The minimum absolute atomic E-state index is 0.110. The van der Waals surface area contributed by atoms with Crippen LogP contribution in [-0.4, -0.2) is 16.9 Å². The smallest absolute Gasteiger partial charge is 0.252 e. The highest BCUT2D eigenvalue weighted by Gasteiger charge is 2.20. The first-order valence-corrected chi connectivity index (χ1v) is 10.6. The third-order valence-corrected chi connectivity index (χ3v) is 5.15. The molecular weight excluding hydrogens is 406 g/mol. The summed E-state index contributed by atoms with van der Waals surface area (Å²) in [6, 6.07) is 15.6. The largest absolute Gasteiger partial charge is 0.350 e. The molecule has 1 heterocycles. The minimum atomic E-state index is -0.458. The van der Waals surface area contributed by atoms with Crippen molar-refractivity contribution in [1.29, 1.82) is 0 Å². The van der Waals surface area contributed by atoms with E-state index >= 15 is 0 Å². The Morgan fingerprint density at radius 3 is 2.38 bits per heavy atom. The maximum atomic E-state index is 14.0. The van der Waals surface area contributed by atoms with Gasteiger partial charge in [0.1, 0.15) is 11.6 Å².